The molecule has 4 rings (SSSR count). The molecule has 0 saturated carbocycles. The Balaban J connectivity index is 1.69. The number of amides is 2. The Labute approximate surface area is 219 Å². The number of anilines is 1. The third-order valence-corrected chi connectivity index (χ3v) is 6.40. The summed E-state index contributed by atoms with van der Waals surface area (Å²) in [6, 6.07) is 16.3. The number of carbonyl (C=O) groups is 2. The first kappa shape index (κ1) is 26.1. The van der Waals surface area contributed by atoms with Crippen molar-refractivity contribution in [3.63, 3.8) is 0 Å². The Morgan fingerprint density at radius 2 is 1.84 bits per heavy atom. The summed E-state index contributed by atoms with van der Waals surface area (Å²) in [5.41, 5.74) is 3.01. The molecule has 37 heavy (non-hydrogen) atoms. The van der Waals surface area contributed by atoms with Gasteiger partial charge >= 0.3 is 0 Å². The van der Waals surface area contributed by atoms with Crippen LogP contribution in [0.2, 0.25) is 0 Å². The summed E-state index contributed by atoms with van der Waals surface area (Å²) in [6.07, 6.45) is 5.01. The first-order chi connectivity index (χ1) is 17.7. The van der Waals surface area contributed by atoms with Gasteiger partial charge in [-0.1, -0.05) is 51.1 Å². The lowest BCUT2D eigenvalue weighted by Crippen LogP contribution is -2.44. The zero-order valence-electron chi connectivity index (χ0n) is 20.9. The molecule has 9 heteroatoms. The van der Waals surface area contributed by atoms with E-state index in [4.69, 9.17) is 0 Å². The highest BCUT2D eigenvalue weighted by atomic mass is 32.1. The molecule has 2 amide bonds. The summed E-state index contributed by atoms with van der Waals surface area (Å²) in [5, 5.41) is 2.92. The molecule has 4 aromatic rings. The number of aromatic nitrogens is 3. The van der Waals surface area contributed by atoms with Gasteiger partial charge in [0, 0.05) is 30.2 Å². The third kappa shape index (κ3) is 6.42. The Hall–Kier alpha value is -3.98. The number of nitrogens with one attached hydrogen (secondary N) is 1. The molecule has 7 nitrogen and oxygen atoms in total. The Kier molecular flexibility index (Phi) is 8.03. The van der Waals surface area contributed by atoms with Crippen molar-refractivity contribution in [2.75, 3.05) is 11.4 Å². The third-order valence-electron chi connectivity index (χ3n) is 5.92. The van der Waals surface area contributed by atoms with E-state index >= 15 is 0 Å². The molecule has 0 fully saturated rings. The number of carbonyl (C=O) groups excluding carboxylic acids is 2. The van der Waals surface area contributed by atoms with E-state index in [0.29, 0.717) is 17.7 Å². The quantitative estimate of drug-likeness (QED) is 0.351. The molecule has 0 aliphatic carbocycles. The van der Waals surface area contributed by atoms with Crippen LogP contribution in [0.25, 0.3) is 0 Å². The first-order valence-electron chi connectivity index (χ1n) is 11.9. The number of pyridine rings is 1. The van der Waals surface area contributed by atoms with E-state index in [0.717, 1.165) is 22.9 Å². The van der Waals surface area contributed by atoms with Crippen molar-refractivity contribution in [2.24, 2.45) is 0 Å². The zero-order chi connectivity index (χ0) is 26.4. The molecule has 2 aromatic carbocycles. The van der Waals surface area contributed by atoms with Crippen LogP contribution in [0.1, 0.15) is 54.0 Å². The van der Waals surface area contributed by atoms with Crippen molar-refractivity contribution >= 4 is 29.2 Å². The van der Waals surface area contributed by atoms with E-state index in [-0.39, 0.29) is 29.4 Å². The normalized spacial score (nSPS) is 12.1. The molecular weight excluding hydrogens is 489 g/mol. The average Bonchev–Trinajstić information content (AvgIpc) is 3.42. The van der Waals surface area contributed by atoms with E-state index in [1.807, 2.05) is 24.3 Å². The van der Waals surface area contributed by atoms with Gasteiger partial charge in [0.15, 0.2) is 5.69 Å². The van der Waals surface area contributed by atoms with Gasteiger partial charge in [-0.05, 0) is 53.3 Å². The molecular formula is C28H28FN5O2S. The fourth-order valence-electron chi connectivity index (χ4n) is 3.96. The highest BCUT2D eigenvalue weighted by Gasteiger charge is 2.34. The van der Waals surface area contributed by atoms with Gasteiger partial charge in [0.25, 0.3) is 5.91 Å². The van der Waals surface area contributed by atoms with Gasteiger partial charge in [0.05, 0.1) is 17.9 Å². The van der Waals surface area contributed by atoms with Gasteiger partial charge < -0.3 is 5.32 Å². The molecule has 0 aliphatic heterocycles. The van der Waals surface area contributed by atoms with E-state index < -0.39 is 11.9 Å². The molecule has 0 radical (unpaired) electrons. The minimum Gasteiger partial charge on any atom is -0.354 e. The lowest BCUT2D eigenvalue weighted by molar-refractivity contribution is -0.122. The van der Waals surface area contributed by atoms with Gasteiger partial charge in [-0.2, -0.15) is 8.75 Å². The minimum atomic E-state index is -1.02. The van der Waals surface area contributed by atoms with Crippen molar-refractivity contribution in [1.82, 2.24) is 19.0 Å². The number of hydrogen-bond acceptors (Lipinski definition) is 6. The SMILES string of the molecule is CC(C)(C)c1ccc(N(C(=O)c2cnsn2)C(C(=O)NCCc2cccc(F)c2)c2cccnc2)cc1. The summed E-state index contributed by atoms with van der Waals surface area (Å²) in [6.45, 7) is 6.59. The van der Waals surface area contributed by atoms with E-state index in [2.05, 4.69) is 39.8 Å². The summed E-state index contributed by atoms with van der Waals surface area (Å²) in [5.74, 6) is -1.17. The highest BCUT2D eigenvalue weighted by molar-refractivity contribution is 6.99. The number of rotatable bonds is 8. The fourth-order valence-corrected chi connectivity index (χ4v) is 4.37. The van der Waals surface area contributed by atoms with Crippen molar-refractivity contribution in [2.45, 2.75) is 38.6 Å². The molecule has 190 valence electrons. The van der Waals surface area contributed by atoms with Crippen molar-refractivity contribution in [1.29, 1.82) is 0 Å². The van der Waals surface area contributed by atoms with Gasteiger partial charge in [-0.3, -0.25) is 19.5 Å². The summed E-state index contributed by atoms with van der Waals surface area (Å²) >= 11 is 0.924. The van der Waals surface area contributed by atoms with E-state index in [9.17, 15) is 14.0 Å². The second-order valence-corrected chi connectivity index (χ2v) is 10.2. The molecule has 0 saturated heterocycles. The molecule has 1 N–H and O–H groups in total. The standard InChI is InChI=1S/C28H28FN5O2S/c1-28(2,3)21-9-11-23(12-10-21)34(27(36)24-18-32-37-33-24)25(20-7-5-14-30-17-20)26(35)31-15-13-19-6-4-8-22(29)16-19/h4-12,14,16-18,25H,13,15H2,1-3H3,(H,31,35). The van der Waals surface area contributed by atoms with Crippen LogP contribution in [0, 0.1) is 5.82 Å². The minimum absolute atomic E-state index is 0.0801. The van der Waals surface area contributed by atoms with Crippen molar-refractivity contribution in [3.05, 3.63) is 107 Å². The summed E-state index contributed by atoms with van der Waals surface area (Å²) in [7, 11) is 0. The number of benzene rings is 2. The Morgan fingerprint density at radius 3 is 2.46 bits per heavy atom. The van der Waals surface area contributed by atoms with E-state index in [1.165, 1.54) is 23.2 Å². The lowest BCUT2D eigenvalue weighted by atomic mass is 9.87. The maximum Gasteiger partial charge on any atom is 0.280 e. The molecule has 2 aromatic heterocycles. The Bertz CT molecular complexity index is 1340. The van der Waals surface area contributed by atoms with E-state index in [1.54, 1.807) is 36.7 Å². The predicted molar refractivity (Wildman–Crippen MR) is 142 cm³/mol. The van der Waals surface area contributed by atoms with Crippen LogP contribution >= 0.6 is 11.7 Å². The van der Waals surface area contributed by atoms with Crippen LogP contribution in [0.3, 0.4) is 0 Å². The van der Waals surface area contributed by atoms with Crippen molar-refractivity contribution in [3.8, 4) is 0 Å². The molecule has 2 heterocycles. The first-order valence-corrected chi connectivity index (χ1v) is 12.6. The average molecular weight is 518 g/mol. The maximum atomic E-state index is 13.7. The Morgan fingerprint density at radius 1 is 1.05 bits per heavy atom. The smallest absolute Gasteiger partial charge is 0.280 e. The maximum absolute atomic E-state index is 13.7. The van der Waals surface area contributed by atoms with Crippen LogP contribution in [0.15, 0.2) is 79.3 Å². The van der Waals surface area contributed by atoms with Crippen LogP contribution < -0.4 is 10.2 Å². The molecule has 0 bridgehead atoms. The van der Waals surface area contributed by atoms with Crippen LogP contribution in [0.5, 0.6) is 0 Å². The van der Waals surface area contributed by atoms with Crippen molar-refractivity contribution < 1.29 is 14.0 Å². The molecule has 0 aliphatic rings. The van der Waals surface area contributed by atoms with Gasteiger partial charge in [-0.25, -0.2) is 4.39 Å². The largest absolute Gasteiger partial charge is 0.354 e. The second-order valence-electron chi connectivity index (χ2n) is 9.62. The molecule has 0 spiro atoms. The second kappa shape index (κ2) is 11.4. The summed E-state index contributed by atoms with van der Waals surface area (Å²) < 4.78 is 21.7. The van der Waals surface area contributed by atoms with Gasteiger partial charge in [0.2, 0.25) is 5.91 Å². The predicted octanol–water partition coefficient (Wildman–Crippen LogP) is 5.12. The zero-order valence-corrected chi connectivity index (χ0v) is 21.7. The van der Waals surface area contributed by atoms with Crippen LogP contribution in [-0.4, -0.2) is 32.1 Å². The number of halogens is 1. The molecule has 1 atom stereocenters. The molecule has 1 unspecified atom stereocenters. The monoisotopic (exact) mass is 517 g/mol. The van der Waals surface area contributed by atoms with Crippen LogP contribution in [0.4, 0.5) is 10.1 Å². The fraction of sp³-hybridized carbons (Fsp3) is 0.250. The van der Waals surface area contributed by atoms with Crippen LogP contribution in [-0.2, 0) is 16.6 Å². The summed E-state index contributed by atoms with van der Waals surface area (Å²) in [4.78, 5) is 33.0. The highest BCUT2D eigenvalue weighted by Crippen LogP contribution is 2.31. The number of nitrogens with zero attached hydrogens (tertiary/aromatic N) is 4. The topological polar surface area (TPSA) is 88.1 Å². The number of hydrogen-bond donors (Lipinski definition) is 1. The van der Waals surface area contributed by atoms with Gasteiger partial charge in [-0.15, -0.1) is 0 Å². The van der Waals surface area contributed by atoms with Gasteiger partial charge in [0.1, 0.15) is 11.9 Å². The lowest BCUT2D eigenvalue weighted by Gasteiger charge is -2.31.